The molecule has 0 aliphatic carbocycles. The molecule has 10 heavy (non-hydrogen) atoms. The molecule has 0 aliphatic heterocycles. The summed E-state index contributed by atoms with van der Waals surface area (Å²) in [5.41, 5.74) is 6.06. The lowest BCUT2D eigenvalue weighted by Crippen LogP contribution is -1.83. The van der Waals surface area contributed by atoms with Crippen molar-refractivity contribution in [1.82, 2.24) is 0 Å². The predicted molar refractivity (Wildman–Crippen MR) is 48.0 cm³/mol. The Hall–Kier alpha value is -1.05. The van der Waals surface area contributed by atoms with Gasteiger partial charge in [-0.05, 0) is 18.7 Å². The first-order valence-electron chi connectivity index (χ1n) is 3.34. The molecule has 0 aromatic rings. The molecule has 2 nitrogen and oxygen atoms in total. The van der Waals surface area contributed by atoms with Gasteiger partial charge in [0.05, 0.1) is 0 Å². The minimum atomic E-state index is 0.935. The summed E-state index contributed by atoms with van der Waals surface area (Å²) in [6, 6.07) is 0. The van der Waals surface area contributed by atoms with Gasteiger partial charge >= 0.3 is 0 Å². The molecule has 0 saturated carbocycles. The average Bonchev–Trinajstić information content (AvgIpc) is 2.04. The maximum absolute atomic E-state index is 5.13. The van der Waals surface area contributed by atoms with Crippen LogP contribution in [0.3, 0.4) is 0 Å². The zero-order valence-electron chi connectivity index (χ0n) is 6.96. The third kappa shape index (κ3) is 10.0. The van der Waals surface area contributed by atoms with Gasteiger partial charge in [-0.1, -0.05) is 20.4 Å². The van der Waals surface area contributed by atoms with Crippen molar-refractivity contribution in [3.05, 3.63) is 24.6 Å². The van der Waals surface area contributed by atoms with Crippen molar-refractivity contribution in [3.8, 4) is 0 Å². The van der Waals surface area contributed by atoms with Crippen molar-refractivity contribution >= 4 is 6.21 Å². The van der Waals surface area contributed by atoms with Gasteiger partial charge in [-0.3, -0.25) is 4.99 Å². The minimum Gasteiger partial charge on any atom is -0.404 e. The molecular weight excluding hydrogens is 124 g/mol. The second kappa shape index (κ2) is 10.8. The van der Waals surface area contributed by atoms with Crippen molar-refractivity contribution in [3.63, 3.8) is 0 Å². The molecule has 0 aliphatic rings. The Morgan fingerprint density at radius 1 is 1.50 bits per heavy atom. The fourth-order valence-electron chi connectivity index (χ4n) is 0.213. The van der Waals surface area contributed by atoms with E-state index in [4.69, 9.17) is 5.73 Å². The molecule has 0 atom stereocenters. The van der Waals surface area contributed by atoms with Crippen molar-refractivity contribution in [2.45, 2.75) is 20.8 Å². The van der Waals surface area contributed by atoms with E-state index in [1.54, 1.807) is 6.21 Å². The van der Waals surface area contributed by atoms with Gasteiger partial charge in [-0.25, -0.2) is 0 Å². The summed E-state index contributed by atoms with van der Waals surface area (Å²) in [4.78, 5) is 3.73. The standard InChI is InChI=1S/C6H10N2.C2H6/c1-3-8-5-6(2)4-7;1-2/h3-5H,1,7H2,2H3;1-2H3/b6-4-,8-5?;. The van der Waals surface area contributed by atoms with E-state index >= 15 is 0 Å². The molecule has 0 radical (unpaired) electrons. The van der Waals surface area contributed by atoms with Crippen LogP contribution in [0.4, 0.5) is 0 Å². The van der Waals surface area contributed by atoms with Gasteiger partial charge in [0, 0.05) is 12.4 Å². The fourth-order valence-corrected chi connectivity index (χ4v) is 0.213. The molecule has 0 amide bonds. The number of hydrogen-bond acceptors (Lipinski definition) is 2. The highest BCUT2D eigenvalue weighted by atomic mass is 14.7. The zero-order chi connectivity index (χ0) is 8.41. The summed E-state index contributed by atoms with van der Waals surface area (Å²) < 4.78 is 0. The van der Waals surface area contributed by atoms with E-state index in [0.717, 1.165) is 5.57 Å². The minimum absolute atomic E-state index is 0.935. The molecule has 0 saturated heterocycles. The molecule has 0 heterocycles. The maximum atomic E-state index is 5.13. The van der Waals surface area contributed by atoms with Crippen LogP contribution in [0.25, 0.3) is 0 Å². The summed E-state index contributed by atoms with van der Waals surface area (Å²) in [7, 11) is 0. The monoisotopic (exact) mass is 140 g/mol. The Balaban J connectivity index is 0. The molecule has 0 unspecified atom stereocenters. The predicted octanol–water partition coefficient (Wildman–Crippen LogP) is 2.09. The molecule has 0 rings (SSSR count). The Morgan fingerprint density at radius 3 is 2.30 bits per heavy atom. The largest absolute Gasteiger partial charge is 0.404 e. The molecule has 58 valence electrons. The van der Waals surface area contributed by atoms with Crippen molar-refractivity contribution in [1.29, 1.82) is 0 Å². The van der Waals surface area contributed by atoms with Crippen LogP contribution in [0.5, 0.6) is 0 Å². The maximum Gasteiger partial charge on any atom is 0.0311 e. The highest BCUT2D eigenvalue weighted by Gasteiger charge is 1.72. The van der Waals surface area contributed by atoms with E-state index in [2.05, 4.69) is 11.6 Å². The van der Waals surface area contributed by atoms with E-state index in [-0.39, 0.29) is 0 Å². The Kier molecular flexibility index (Phi) is 12.7. The van der Waals surface area contributed by atoms with Crippen LogP contribution >= 0.6 is 0 Å². The second-order valence-corrected chi connectivity index (χ2v) is 1.37. The first kappa shape index (κ1) is 11.7. The van der Waals surface area contributed by atoms with Gasteiger partial charge in [-0.15, -0.1) is 0 Å². The lowest BCUT2D eigenvalue weighted by atomic mass is 10.4. The van der Waals surface area contributed by atoms with Gasteiger partial charge in [0.15, 0.2) is 0 Å². The van der Waals surface area contributed by atoms with Crippen LogP contribution in [0, 0.1) is 0 Å². The lowest BCUT2D eigenvalue weighted by Gasteiger charge is -1.81. The second-order valence-electron chi connectivity index (χ2n) is 1.37. The summed E-state index contributed by atoms with van der Waals surface area (Å²) in [5.74, 6) is 0. The van der Waals surface area contributed by atoms with Crippen LogP contribution in [0.2, 0.25) is 0 Å². The topological polar surface area (TPSA) is 38.4 Å². The number of hydrogen-bond donors (Lipinski definition) is 1. The number of nitrogens with zero attached hydrogens (tertiary/aromatic N) is 1. The molecular formula is C8H16N2. The molecule has 0 aromatic heterocycles. The Morgan fingerprint density at radius 2 is 2.00 bits per heavy atom. The molecule has 0 fully saturated rings. The van der Waals surface area contributed by atoms with Gasteiger partial charge in [-0.2, -0.15) is 0 Å². The van der Waals surface area contributed by atoms with Crippen LogP contribution in [0.1, 0.15) is 20.8 Å². The summed E-state index contributed by atoms with van der Waals surface area (Å²) in [6.45, 7) is 9.27. The average molecular weight is 140 g/mol. The van der Waals surface area contributed by atoms with Crippen molar-refractivity contribution in [2.24, 2.45) is 10.7 Å². The fraction of sp³-hybridized carbons (Fsp3) is 0.375. The number of aliphatic imine (C=N–C) groups is 1. The summed E-state index contributed by atoms with van der Waals surface area (Å²) in [6.07, 6.45) is 4.60. The Labute approximate surface area is 63.2 Å². The van der Waals surface area contributed by atoms with Gasteiger partial charge in [0.25, 0.3) is 0 Å². The number of allylic oxidation sites excluding steroid dienone is 1. The third-order valence-electron chi connectivity index (χ3n) is 0.646. The van der Waals surface area contributed by atoms with Gasteiger partial charge < -0.3 is 5.73 Å². The number of nitrogens with two attached hydrogens (primary N) is 1. The normalized spacial score (nSPS) is 10.5. The third-order valence-corrected chi connectivity index (χ3v) is 0.646. The quantitative estimate of drug-likeness (QED) is 0.586. The van der Waals surface area contributed by atoms with E-state index < -0.39 is 0 Å². The van der Waals surface area contributed by atoms with Gasteiger partial charge in [0.1, 0.15) is 0 Å². The Bertz CT molecular complexity index is 123. The van der Waals surface area contributed by atoms with Gasteiger partial charge in [0.2, 0.25) is 0 Å². The van der Waals surface area contributed by atoms with E-state index in [0.29, 0.717) is 0 Å². The molecule has 0 aromatic carbocycles. The van der Waals surface area contributed by atoms with E-state index in [1.807, 2.05) is 20.8 Å². The SMILES string of the molecule is C=CN=C/C(C)=C\N.CC. The van der Waals surface area contributed by atoms with Crippen molar-refractivity contribution in [2.75, 3.05) is 0 Å². The first-order valence-corrected chi connectivity index (χ1v) is 3.34. The number of rotatable bonds is 2. The lowest BCUT2D eigenvalue weighted by molar-refractivity contribution is 1.47. The highest BCUT2D eigenvalue weighted by Crippen LogP contribution is 1.81. The summed E-state index contributed by atoms with van der Waals surface area (Å²) in [5, 5.41) is 0. The highest BCUT2D eigenvalue weighted by molar-refractivity contribution is 5.77. The first-order chi connectivity index (χ1) is 4.81. The van der Waals surface area contributed by atoms with Crippen LogP contribution in [-0.4, -0.2) is 6.21 Å². The molecule has 2 N–H and O–H groups in total. The smallest absolute Gasteiger partial charge is 0.0311 e. The van der Waals surface area contributed by atoms with E-state index in [9.17, 15) is 0 Å². The van der Waals surface area contributed by atoms with Crippen LogP contribution < -0.4 is 5.73 Å². The molecule has 0 spiro atoms. The summed E-state index contributed by atoms with van der Waals surface area (Å²) >= 11 is 0. The van der Waals surface area contributed by atoms with Crippen LogP contribution in [-0.2, 0) is 0 Å². The van der Waals surface area contributed by atoms with Crippen molar-refractivity contribution < 1.29 is 0 Å². The van der Waals surface area contributed by atoms with Crippen LogP contribution in [0.15, 0.2) is 29.5 Å². The molecule has 0 bridgehead atoms. The zero-order valence-corrected chi connectivity index (χ0v) is 6.96. The van der Waals surface area contributed by atoms with E-state index in [1.165, 1.54) is 12.4 Å². The molecule has 2 heteroatoms.